The van der Waals surface area contributed by atoms with Crippen LogP contribution in [0.15, 0.2) is 69.0 Å². The average molecular weight is 743 g/mol. The molecule has 0 spiro atoms. The predicted molar refractivity (Wildman–Crippen MR) is 173 cm³/mol. The van der Waals surface area contributed by atoms with Crippen LogP contribution in [0.5, 0.6) is 11.5 Å². The standard InChI is InChI=1S/C31H28BrIN4O5/c1-4-41-27-13-21(12-26(33)30(27)42-17-20-9-10-22-7-5-6-8-23(22)11-20)15-35-36-28(38)16-37-19(2)29(32)25(18-40-3)24(14-34)31(37)39/h5-13,15H,4,16-18H2,1-3H3,(H,36,38)/b35-15-. The van der Waals surface area contributed by atoms with E-state index in [1.165, 1.54) is 23.3 Å². The van der Waals surface area contributed by atoms with Crippen molar-refractivity contribution < 1.29 is 19.0 Å². The zero-order chi connectivity index (χ0) is 30.2. The molecular formula is C31H28BrIN4O5. The van der Waals surface area contributed by atoms with E-state index < -0.39 is 11.5 Å². The molecule has 4 aromatic rings. The third-order valence-electron chi connectivity index (χ3n) is 6.38. The number of amides is 1. The lowest BCUT2D eigenvalue weighted by Gasteiger charge is -2.15. The van der Waals surface area contributed by atoms with E-state index in [1.807, 2.05) is 37.3 Å². The molecule has 0 bridgehead atoms. The summed E-state index contributed by atoms with van der Waals surface area (Å²) < 4.78 is 19.7. The molecule has 1 N–H and O–H groups in total. The monoisotopic (exact) mass is 742 g/mol. The number of hydrazone groups is 1. The van der Waals surface area contributed by atoms with Gasteiger partial charge in [0.2, 0.25) is 0 Å². The molecule has 0 saturated carbocycles. The van der Waals surface area contributed by atoms with E-state index in [-0.39, 0.29) is 18.7 Å². The van der Waals surface area contributed by atoms with Crippen molar-refractivity contribution in [3.63, 3.8) is 0 Å². The van der Waals surface area contributed by atoms with Gasteiger partial charge in [0.05, 0.1) is 23.0 Å². The van der Waals surface area contributed by atoms with Crippen LogP contribution in [-0.2, 0) is 29.3 Å². The first-order valence-corrected chi connectivity index (χ1v) is 14.8. The van der Waals surface area contributed by atoms with Gasteiger partial charge in [0, 0.05) is 22.8 Å². The fourth-order valence-electron chi connectivity index (χ4n) is 4.36. The van der Waals surface area contributed by atoms with Gasteiger partial charge in [-0.2, -0.15) is 10.4 Å². The molecular weight excluding hydrogens is 715 g/mol. The number of pyridine rings is 1. The topological polar surface area (TPSA) is 115 Å². The minimum atomic E-state index is -0.570. The lowest BCUT2D eigenvalue weighted by atomic mass is 10.1. The molecule has 0 saturated heterocycles. The number of methoxy groups -OCH3 is 1. The van der Waals surface area contributed by atoms with Crippen molar-refractivity contribution in [3.8, 4) is 17.6 Å². The van der Waals surface area contributed by atoms with E-state index >= 15 is 0 Å². The highest BCUT2D eigenvalue weighted by Gasteiger charge is 2.19. The average Bonchev–Trinajstić information content (AvgIpc) is 2.98. The van der Waals surface area contributed by atoms with Crippen molar-refractivity contribution in [2.75, 3.05) is 13.7 Å². The van der Waals surface area contributed by atoms with E-state index in [0.717, 1.165) is 14.5 Å². The highest BCUT2D eigenvalue weighted by Crippen LogP contribution is 2.34. The summed E-state index contributed by atoms with van der Waals surface area (Å²) in [7, 11) is 1.48. The van der Waals surface area contributed by atoms with Crippen molar-refractivity contribution in [1.29, 1.82) is 5.26 Å². The van der Waals surface area contributed by atoms with Crippen molar-refractivity contribution in [3.05, 3.63) is 101 Å². The Morgan fingerprint density at radius 1 is 1.14 bits per heavy atom. The number of carbonyl (C=O) groups excluding carboxylic acids is 1. The number of benzene rings is 3. The van der Waals surface area contributed by atoms with Gasteiger partial charge in [-0.15, -0.1) is 0 Å². The molecule has 11 heteroatoms. The van der Waals surface area contributed by atoms with Crippen molar-refractivity contribution in [2.45, 2.75) is 33.6 Å². The molecule has 42 heavy (non-hydrogen) atoms. The van der Waals surface area contributed by atoms with Crippen LogP contribution in [0.2, 0.25) is 0 Å². The first kappa shape index (κ1) is 31.2. The molecule has 0 radical (unpaired) electrons. The summed E-state index contributed by atoms with van der Waals surface area (Å²) in [4.78, 5) is 25.6. The Labute approximate surface area is 265 Å². The SMILES string of the molecule is CCOc1cc(/C=N\NC(=O)Cn2c(C)c(Br)c(COC)c(C#N)c2=O)cc(I)c1OCc1ccc2ccccc2c1. The summed E-state index contributed by atoms with van der Waals surface area (Å²) >= 11 is 5.60. The van der Waals surface area contributed by atoms with Gasteiger partial charge in [-0.05, 0) is 92.5 Å². The van der Waals surface area contributed by atoms with E-state index in [1.54, 1.807) is 13.0 Å². The maximum absolute atomic E-state index is 12.9. The molecule has 0 atom stereocenters. The Hall–Kier alpha value is -3.73. The van der Waals surface area contributed by atoms with Gasteiger partial charge in [-0.3, -0.25) is 9.59 Å². The molecule has 0 fully saturated rings. The summed E-state index contributed by atoms with van der Waals surface area (Å²) in [5.41, 5.74) is 4.48. The smallest absolute Gasteiger partial charge is 0.269 e. The number of aromatic nitrogens is 1. The van der Waals surface area contributed by atoms with Crippen LogP contribution in [0.3, 0.4) is 0 Å². The lowest BCUT2D eigenvalue weighted by Crippen LogP contribution is -2.33. The fourth-order valence-corrected chi connectivity index (χ4v) is 5.66. The summed E-state index contributed by atoms with van der Waals surface area (Å²) in [5.74, 6) is 0.657. The Bertz CT molecular complexity index is 1760. The Kier molecular flexibility index (Phi) is 10.7. The number of ether oxygens (including phenoxy) is 3. The van der Waals surface area contributed by atoms with Crippen molar-refractivity contribution in [1.82, 2.24) is 9.99 Å². The quantitative estimate of drug-likeness (QED) is 0.118. The fraction of sp³-hybridized carbons (Fsp3) is 0.226. The third-order valence-corrected chi connectivity index (χ3v) is 8.24. The highest BCUT2D eigenvalue weighted by atomic mass is 127. The molecule has 9 nitrogen and oxygen atoms in total. The molecule has 4 rings (SSSR count). The van der Waals surface area contributed by atoms with Gasteiger partial charge in [0.25, 0.3) is 11.5 Å². The zero-order valence-electron chi connectivity index (χ0n) is 23.2. The number of carbonyl (C=O) groups is 1. The maximum Gasteiger partial charge on any atom is 0.269 e. The largest absolute Gasteiger partial charge is 0.490 e. The third kappa shape index (κ3) is 7.18. The first-order chi connectivity index (χ1) is 20.3. The van der Waals surface area contributed by atoms with Gasteiger partial charge in [0.1, 0.15) is 24.8 Å². The van der Waals surface area contributed by atoms with Crippen LogP contribution < -0.4 is 20.5 Å². The molecule has 1 heterocycles. The van der Waals surface area contributed by atoms with Crippen LogP contribution in [0.4, 0.5) is 0 Å². The Morgan fingerprint density at radius 2 is 1.90 bits per heavy atom. The van der Waals surface area contributed by atoms with Crippen LogP contribution in [0.1, 0.15) is 34.9 Å². The number of nitriles is 1. The number of halogens is 2. The number of fused-ring (bicyclic) bond motifs is 1. The zero-order valence-corrected chi connectivity index (χ0v) is 27.0. The van der Waals surface area contributed by atoms with E-state index in [0.29, 0.717) is 46.0 Å². The number of nitrogens with zero attached hydrogens (tertiary/aromatic N) is 3. The van der Waals surface area contributed by atoms with Crippen molar-refractivity contribution in [2.24, 2.45) is 5.10 Å². The highest BCUT2D eigenvalue weighted by molar-refractivity contribution is 14.1. The number of hydrogen-bond acceptors (Lipinski definition) is 7. The van der Waals surface area contributed by atoms with Gasteiger partial charge < -0.3 is 18.8 Å². The summed E-state index contributed by atoms with van der Waals surface area (Å²) in [6.45, 7) is 4.17. The molecule has 0 aliphatic rings. The van der Waals surface area contributed by atoms with Gasteiger partial charge in [0.15, 0.2) is 11.5 Å². The number of nitrogens with one attached hydrogen (secondary N) is 1. The van der Waals surface area contributed by atoms with Crippen LogP contribution >= 0.6 is 38.5 Å². The van der Waals surface area contributed by atoms with E-state index in [2.05, 4.69) is 73.3 Å². The predicted octanol–water partition coefficient (Wildman–Crippen LogP) is 5.82. The number of rotatable bonds is 11. The van der Waals surface area contributed by atoms with Gasteiger partial charge in [-0.1, -0.05) is 36.4 Å². The van der Waals surface area contributed by atoms with Crippen LogP contribution in [0, 0.1) is 21.8 Å². The summed E-state index contributed by atoms with van der Waals surface area (Å²) in [5, 5.41) is 15.9. The molecule has 3 aromatic carbocycles. The van der Waals surface area contributed by atoms with Gasteiger partial charge in [-0.25, -0.2) is 5.43 Å². The molecule has 1 amide bonds. The summed E-state index contributed by atoms with van der Waals surface area (Å²) in [6.07, 6.45) is 1.49. The van der Waals surface area contributed by atoms with Crippen LogP contribution in [0.25, 0.3) is 10.8 Å². The second-order valence-electron chi connectivity index (χ2n) is 9.22. The van der Waals surface area contributed by atoms with Gasteiger partial charge >= 0.3 is 0 Å². The lowest BCUT2D eigenvalue weighted by molar-refractivity contribution is -0.121. The second-order valence-corrected chi connectivity index (χ2v) is 11.2. The molecule has 0 aliphatic carbocycles. The molecule has 1 aromatic heterocycles. The molecule has 216 valence electrons. The minimum Gasteiger partial charge on any atom is -0.490 e. The summed E-state index contributed by atoms with van der Waals surface area (Å²) in [6, 6.07) is 20.0. The molecule has 0 unspecified atom stereocenters. The molecule has 0 aliphatic heterocycles. The first-order valence-electron chi connectivity index (χ1n) is 13.0. The number of hydrogen-bond donors (Lipinski definition) is 1. The normalized spacial score (nSPS) is 11.0. The van der Waals surface area contributed by atoms with Crippen LogP contribution in [-0.4, -0.2) is 30.4 Å². The van der Waals surface area contributed by atoms with E-state index in [4.69, 9.17) is 14.2 Å². The minimum absolute atomic E-state index is 0.0772. The Balaban J connectivity index is 1.47. The Morgan fingerprint density at radius 3 is 2.62 bits per heavy atom. The van der Waals surface area contributed by atoms with Crippen molar-refractivity contribution >= 4 is 61.4 Å². The van der Waals surface area contributed by atoms with E-state index in [9.17, 15) is 14.9 Å². The maximum atomic E-state index is 12.9. The second kappa shape index (κ2) is 14.4.